The van der Waals surface area contributed by atoms with Crippen molar-refractivity contribution in [2.24, 2.45) is 0 Å². The van der Waals surface area contributed by atoms with Crippen LogP contribution in [0.3, 0.4) is 0 Å². The second-order valence-electron chi connectivity index (χ2n) is 5.57. The van der Waals surface area contributed by atoms with Gasteiger partial charge in [0.25, 0.3) is 0 Å². The first-order chi connectivity index (χ1) is 11.1. The summed E-state index contributed by atoms with van der Waals surface area (Å²) in [5, 5.41) is 5.83. The zero-order valence-electron chi connectivity index (χ0n) is 13.0. The summed E-state index contributed by atoms with van der Waals surface area (Å²) in [5.41, 5.74) is 1.49. The molecule has 1 amide bonds. The van der Waals surface area contributed by atoms with Gasteiger partial charge in [-0.2, -0.15) is 0 Å². The van der Waals surface area contributed by atoms with Crippen LogP contribution < -0.4 is 5.32 Å². The lowest BCUT2D eigenvalue weighted by Gasteiger charge is -2.35. The summed E-state index contributed by atoms with van der Waals surface area (Å²) in [5.74, 6) is 0.538. The smallest absolute Gasteiger partial charge is 0.249 e. The summed E-state index contributed by atoms with van der Waals surface area (Å²) in [6.07, 6.45) is 6.43. The maximum Gasteiger partial charge on any atom is 0.249 e. The van der Waals surface area contributed by atoms with Crippen molar-refractivity contribution in [3.8, 4) is 0 Å². The van der Waals surface area contributed by atoms with Gasteiger partial charge in [0.1, 0.15) is 0 Å². The number of carbonyl (C=O) groups excluding carboxylic acids is 1. The van der Waals surface area contributed by atoms with Crippen LogP contribution in [0.15, 0.2) is 36.0 Å². The molecule has 1 aliphatic rings. The van der Waals surface area contributed by atoms with Crippen molar-refractivity contribution in [2.45, 2.75) is 32.2 Å². The molecule has 0 bridgehead atoms. The van der Waals surface area contributed by atoms with Crippen LogP contribution in [0, 0.1) is 0 Å². The Kier molecular flexibility index (Phi) is 4.66. The first-order valence-electron chi connectivity index (χ1n) is 7.61. The highest BCUT2D eigenvalue weighted by Crippen LogP contribution is 2.33. The lowest BCUT2D eigenvalue weighted by atomic mass is 9.99. The highest BCUT2D eigenvalue weighted by atomic mass is 32.1. The molecule has 0 saturated carbocycles. The predicted molar refractivity (Wildman–Crippen MR) is 90.5 cm³/mol. The fourth-order valence-corrected chi connectivity index (χ4v) is 3.43. The molecule has 1 atom stereocenters. The third kappa shape index (κ3) is 3.56. The zero-order valence-corrected chi connectivity index (χ0v) is 13.8. The summed E-state index contributed by atoms with van der Waals surface area (Å²) < 4.78 is 0. The van der Waals surface area contributed by atoms with Crippen LogP contribution in [0.5, 0.6) is 0 Å². The van der Waals surface area contributed by atoms with Gasteiger partial charge in [-0.25, -0.2) is 15.0 Å². The van der Waals surface area contributed by atoms with Crippen molar-refractivity contribution in [2.75, 3.05) is 11.9 Å². The highest BCUT2D eigenvalue weighted by Gasteiger charge is 2.29. The molecule has 0 aromatic carbocycles. The molecule has 2 aromatic rings. The number of aromatic nitrogens is 3. The minimum absolute atomic E-state index is 0.0172. The van der Waals surface area contributed by atoms with Gasteiger partial charge in [-0.05, 0) is 32.3 Å². The fourth-order valence-electron chi connectivity index (χ4n) is 2.68. The van der Waals surface area contributed by atoms with Crippen LogP contribution in [0.1, 0.15) is 37.9 Å². The maximum atomic E-state index is 12.3. The molecule has 0 radical (unpaired) electrons. The Morgan fingerprint density at radius 2 is 2.17 bits per heavy atom. The van der Waals surface area contributed by atoms with Crippen LogP contribution in [-0.2, 0) is 4.79 Å². The number of amides is 1. The number of likely N-dealkylation sites (tertiary alicyclic amines) is 1. The average molecular weight is 329 g/mol. The van der Waals surface area contributed by atoms with Gasteiger partial charge < -0.3 is 10.2 Å². The van der Waals surface area contributed by atoms with E-state index >= 15 is 0 Å². The molecule has 120 valence electrons. The molecular weight excluding hydrogens is 310 g/mol. The number of hydrogen-bond acceptors (Lipinski definition) is 6. The average Bonchev–Trinajstić information content (AvgIpc) is 3.03. The molecule has 7 heteroatoms. The third-order valence-electron chi connectivity index (χ3n) is 3.78. The van der Waals surface area contributed by atoms with Gasteiger partial charge in [-0.15, -0.1) is 11.3 Å². The lowest BCUT2D eigenvalue weighted by molar-refractivity contribution is -0.130. The molecule has 3 rings (SSSR count). The van der Waals surface area contributed by atoms with Gasteiger partial charge in [0.15, 0.2) is 5.13 Å². The Balaban J connectivity index is 1.77. The summed E-state index contributed by atoms with van der Waals surface area (Å²) in [6, 6.07) is 1.79. The second kappa shape index (κ2) is 6.87. The Bertz CT molecular complexity index is 700. The third-order valence-corrected chi connectivity index (χ3v) is 4.55. The Morgan fingerprint density at radius 3 is 2.91 bits per heavy atom. The van der Waals surface area contributed by atoms with E-state index in [4.69, 9.17) is 0 Å². The zero-order chi connectivity index (χ0) is 16.2. The molecule has 23 heavy (non-hydrogen) atoms. The minimum atomic E-state index is 0.0172. The molecule has 6 nitrogen and oxygen atoms in total. The van der Waals surface area contributed by atoms with Crippen molar-refractivity contribution in [3.63, 3.8) is 0 Å². The SMILES string of the molecule is C=C(C)C(=O)N1CCCCC1c1csc(Nc2ncccn2)n1. The topological polar surface area (TPSA) is 71.0 Å². The summed E-state index contributed by atoms with van der Waals surface area (Å²) in [6.45, 7) is 6.30. The number of nitrogens with zero attached hydrogens (tertiary/aromatic N) is 4. The van der Waals surface area contributed by atoms with Crippen LogP contribution in [-0.4, -0.2) is 32.3 Å². The maximum absolute atomic E-state index is 12.3. The van der Waals surface area contributed by atoms with Crippen LogP contribution in [0.25, 0.3) is 0 Å². The number of hydrogen-bond donors (Lipinski definition) is 1. The van der Waals surface area contributed by atoms with E-state index in [-0.39, 0.29) is 11.9 Å². The van der Waals surface area contributed by atoms with E-state index in [1.807, 2.05) is 10.3 Å². The van der Waals surface area contributed by atoms with E-state index in [9.17, 15) is 4.79 Å². The molecular formula is C16H19N5OS. The summed E-state index contributed by atoms with van der Waals surface area (Å²) >= 11 is 1.50. The Morgan fingerprint density at radius 1 is 1.39 bits per heavy atom. The minimum Gasteiger partial charge on any atom is -0.330 e. The van der Waals surface area contributed by atoms with Gasteiger partial charge in [0.2, 0.25) is 11.9 Å². The van der Waals surface area contributed by atoms with E-state index in [0.29, 0.717) is 11.5 Å². The molecule has 1 unspecified atom stereocenters. The standard InChI is InChI=1S/C16H19N5OS/c1-11(2)14(22)21-9-4-3-6-13(21)12-10-23-16(19-12)20-15-17-7-5-8-18-15/h5,7-8,10,13H,1,3-4,6,9H2,2H3,(H,17,18,19,20). The first-order valence-corrected chi connectivity index (χ1v) is 8.49. The monoisotopic (exact) mass is 329 g/mol. The normalized spacial score (nSPS) is 17.8. The summed E-state index contributed by atoms with van der Waals surface area (Å²) in [7, 11) is 0. The number of carbonyl (C=O) groups is 1. The molecule has 1 N–H and O–H groups in total. The van der Waals surface area contributed by atoms with Crippen molar-refractivity contribution < 1.29 is 4.79 Å². The molecule has 1 saturated heterocycles. The van der Waals surface area contributed by atoms with Crippen molar-refractivity contribution in [1.29, 1.82) is 0 Å². The molecule has 2 aromatic heterocycles. The molecule has 0 spiro atoms. The lowest BCUT2D eigenvalue weighted by Crippen LogP contribution is -2.38. The van der Waals surface area contributed by atoms with E-state index in [0.717, 1.165) is 36.6 Å². The van der Waals surface area contributed by atoms with Crippen molar-refractivity contribution in [1.82, 2.24) is 19.9 Å². The van der Waals surface area contributed by atoms with Gasteiger partial charge in [0, 0.05) is 29.9 Å². The number of nitrogens with one attached hydrogen (secondary N) is 1. The summed E-state index contributed by atoms with van der Waals surface area (Å²) in [4.78, 5) is 27.1. The number of thiazole rings is 1. The predicted octanol–water partition coefficient (Wildman–Crippen LogP) is 3.31. The van der Waals surface area contributed by atoms with Gasteiger partial charge in [0.05, 0.1) is 11.7 Å². The number of piperidine rings is 1. The van der Waals surface area contributed by atoms with Gasteiger partial charge >= 0.3 is 0 Å². The Labute approximate surface area is 139 Å². The van der Waals surface area contributed by atoms with Crippen molar-refractivity contribution >= 4 is 28.3 Å². The molecule has 1 fully saturated rings. The largest absolute Gasteiger partial charge is 0.330 e. The van der Waals surface area contributed by atoms with Crippen LogP contribution in [0.4, 0.5) is 11.1 Å². The van der Waals surface area contributed by atoms with Crippen LogP contribution >= 0.6 is 11.3 Å². The van der Waals surface area contributed by atoms with E-state index < -0.39 is 0 Å². The fraction of sp³-hybridized carbons (Fsp3) is 0.375. The van der Waals surface area contributed by atoms with E-state index in [1.165, 1.54) is 11.3 Å². The van der Waals surface area contributed by atoms with Crippen LogP contribution in [0.2, 0.25) is 0 Å². The van der Waals surface area contributed by atoms with E-state index in [1.54, 1.807) is 25.4 Å². The molecule has 3 heterocycles. The quantitative estimate of drug-likeness (QED) is 0.871. The second-order valence-corrected chi connectivity index (χ2v) is 6.42. The van der Waals surface area contributed by atoms with Gasteiger partial charge in [-0.3, -0.25) is 4.79 Å². The van der Waals surface area contributed by atoms with Gasteiger partial charge in [-0.1, -0.05) is 6.58 Å². The molecule has 1 aliphatic heterocycles. The first kappa shape index (κ1) is 15.6. The number of anilines is 2. The Hall–Kier alpha value is -2.28. The highest BCUT2D eigenvalue weighted by molar-refractivity contribution is 7.13. The number of rotatable bonds is 4. The molecule has 0 aliphatic carbocycles. The van der Waals surface area contributed by atoms with E-state index in [2.05, 4.69) is 26.8 Å². The van der Waals surface area contributed by atoms with Crippen molar-refractivity contribution in [3.05, 3.63) is 41.7 Å².